The van der Waals surface area contributed by atoms with Crippen LogP contribution in [0.25, 0.3) is 0 Å². The zero-order valence-corrected chi connectivity index (χ0v) is 16.4. The smallest absolute Gasteiger partial charge is 0.271 e. The molecule has 0 aliphatic carbocycles. The molecule has 2 amide bonds. The molecule has 0 bridgehead atoms. The fourth-order valence-corrected chi connectivity index (χ4v) is 3.29. The zero-order chi connectivity index (χ0) is 19.6. The number of aromatic nitrogens is 2. The number of furan rings is 1. The van der Waals surface area contributed by atoms with E-state index in [9.17, 15) is 9.59 Å². The summed E-state index contributed by atoms with van der Waals surface area (Å²) in [4.78, 5) is 28.1. The van der Waals surface area contributed by atoms with Gasteiger partial charge in [0.2, 0.25) is 5.91 Å². The van der Waals surface area contributed by atoms with Crippen LogP contribution in [0, 0.1) is 6.92 Å². The molecule has 3 heterocycles. The van der Waals surface area contributed by atoms with E-state index < -0.39 is 0 Å². The van der Waals surface area contributed by atoms with Crippen molar-refractivity contribution < 1.29 is 14.0 Å². The van der Waals surface area contributed by atoms with Crippen LogP contribution in [0.1, 0.15) is 47.1 Å². The van der Waals surface area contributed by atoms with Crippen LogP contribution in [0.4, 0.5) is 0 Å². The number of carbonyl (C=O) groups excluding carboxylic acids is 2. The highest BCUT2D eigenvalue weighted by atomic mass is 16.3. The largest absolute Gasteiger partial charge is 0.465 e. The molecule has 0 spiro atoms. The molecule has 27 heavy (non-hydrogen) atoms. The highest BCUT2D eigenvalue weighted by Crippen LogP contribution is 2.20. The van der Waals surface area contributed by atoms with Crippen LogP contribution < -0.4 is 5.32 Å². The second-order valence-corrected chi connectivity index (χ2v) is 7.18. The van der Waals surface area contributed by atoms with Crippen LogP contribution in [0.5, 0.6) is 0 Å². The highest BCUT2D eigenvalue weighted by Gasteiger charge is 2.23. The number of carbonyl (C=O) groups is 2. The molecule has 146 valence electrons. The van der Waals surface area contributed by atoms with Crippen LogP contribution in [0.15, 0.2) is 22.6 Å². The van der Waals surface area contributed by atoms with E-state index in [1.165, 1.54) is 0 Å². The summed E-state index contributed by atoms with van der Waals surface area (Å²) in [5, 5.41) is 7.38. The summed E-state index contributed by atoms with van der Waals surface area (Å²) in [5.74, 6) is 1.48. The Morgan fingerprint density at radius 3 is 2.74 bits per heavy atom. The molecule has 0 radical (unpaired) electrons. The minimum absolute atomic E-state index is 0.0400. The van der Waals surface area contributed by atoms with Gasteiger partial charge in [-0.25, -0.2) is 0 Å². The number of hydrogen-bond acceptors (Lipinski definition) is 5. The van der Waals surface area contributed by atoms with Gasteiger partial charge in [-0.05, 0) is 45.6 Å². The van der Waals surface area contributed by atoms with Gasteiger partial charge in [0.15, 0.2) is 5.69 Å². The van der Waals surface area contributed by atoms with Crippen molar-refractivity contribution in [3.63, 3.8) is 0 Å². The molecular weight excluding hydrogens is 346 g/mol. The van der Waals surface area contributed by atoms with Gasteiger partial charge >= 0.3 is 0 Å². The Morgan fingerprint density at radius 1 is 1.33 bits per heavy atom. The number of aryl methyl sites for hydroxylation is 2. The Bertz CT molecular complexity index is 823. The lowest BCUT2D eigenvalue weighted by atomic mass is 10.2. The number of fused-ring (bicyclic) bond motifs is 1. The van der Waals surface area contributed by atoms with Gasteiger partial charge in [0.25, 0.3) is 5.91 Å². The number of hydrogen-bond donors (Lipinski definition) is 1. The van der Waals surface area contributed by atoms with E-state index in [1.807, 2.05) is 42.7 Å². The topological polar surface area (TPSA) is 83.6 Å². The van der Waals surface area contributed by atoms with Gasteiger partial charge in [-0.3, -0.25) is 19.2 Å². The van der Waals surface area contributed by atoms with Crippen LogP contribution in [-0.2, 0) is 17.9 Å². The first-order chi connectivity index (χ1) is 12.8. The van der Waals surface area contributed by atoms with E-state index >= 15 is 0 Å². The average Bonchev–Trinajstić information content (AvgIpc) is 3.15. The van der Waals surface area contributed by atoms with Crippen LogP contribution in [0.2, 0.25) is 0 Å². The Balaban J connectivity index is 1.68. The van der Waals surface area contributed by atoms with Crippen molar-refractivity contribution in [3.05, 3.63) is 41.1 Å². The van der Waals surface area contributed by atoms with Gasteiger partial charge in [-0.15, -0.1) is 0 Å². The maximum atomic E-state index is 12.6. The molecule has 8 nitrogen and oxygen atoms in total. The molecule has 3 rings (SSSR count). The summed E-state index contributed by atoms with van der Waals surface area (Å²) in [5.41, 5.74) is 1.27. The first-order valence-corrected chi connectivity index (χ1v) is 9.18. The van der Waals surface area contributed by atoms with E-state index in [-0.39, 0.29) is 17.9 Å². The molecule has 1 atom stereocenters. The van der Waals surface area contributed by atoms with Gasteiger partial charge in [0, 0.05) is 26.6 Å². The molecule has 8 heteroatoms. The Morgan fingerprint density at radius 2 is 2.11 bits per heavy atom. The van der Waals surface area contributed by atoms with Crippen molar-refractivity contribution >= 4 is 11.8 Å². The van der Waals surface area contributed by atoms with E-state index in [2.05, 4.69) is 10.4 Å². The third-order valence-corrected chi connectivity index (χ3v) is 4.86. The zero-order valence-electron chi connectivity index (χ0n) is 16.4. The fourth-order valence-electron chi connectivity index (χ4n) is 3.29. The Labute approximate surface area is 159 Å². The lowest BCUT2D eigenvalue weighted by Crippen LogP contribution is -2.34. The second-order valence-electron chi connectivity index (χ2n) is 7.18. The first kappa shape index (κ1) is 19.2. The van der Waals surface area contributed by atoms with E-state index in [1.54, 1.807) is 17.9 Å². The summed E-state index contributed by atoms with van der Waals surface area (Å²) >= 11 is 0. The normalized spacial score (nSPS) is 15.4. The second kappa shape index (κ2) is 7.96. The summed E-state index contributed by atoms with van der Waals surface area (Å²) < 4.78 is 7.54. The quantitative estimate of drug-likeness (QED) is 0.860. The summed E-state index contributed by atoms with van der Waals surface area (Å²) in [6.07, 6.45) is 0.829. The Kier molecular flexibility index (Phi) is 5.65. The molecule has 1 N–H and O–H groups in total. The van der Waals surface area contributed by atoms with Gasteiger partial charge in [-0.1, -0.05) is 0 Å². The standard InChI is InChI=1S/C19H27N5O3/c1-13-6-7-18(27-13)17(22(3)4)11-20-19(26)16-10-15-12-23(14(2)25)8-5-9-24(15)21-16/h6-7,10,17H,5,8-9,11-12H2,1-4H3,(H,20,26)/t17-/m1/s1. The van der Waals surface area contributed by atoms with E-state index in [4.69, 9.17) is 4.42 Å². The van der Waals surface area contributed by atoms with Crippen molar-refractivity contribution in [2.45, 2.75) is 39.4 Å². The average molecular weight is 373 g/mol. The van der Waals surface area contributed by atoms with E-state index in [0.29, 0.717) is 31.9 Å². The van der Waals surface area contributed by atoms with Gasteiger partial charge in [0.05, 0.1) is 18.3 Å². The molecule has 0 saturated heterocycles. The number of likely N-dealkylation sites (N-methyl/N-ethyl adjacent to an activating group) is 1. The third kappa shape index (κ3) is 4.39. The lowest BCUT2D eigenvalue weighted by molar-refractivity contribution is -0.129. The van der Waals surface area contributed by atoms with Crippen LogP contribution in [0.3, 0.4) is 0 Å². The molecule has 0 fully saturated rings. The molecule has 0 aromatic carbocycles. The predicted octanol–water partition coefficient (Wildman–Crippen LogP) is 1.57. The lowest BCUT2D eigenvalue weighted by Gasteiger charge is -2.22. The first-order valence-electron chi connectivity index (χ1n) is 9.18. The molecule has 2 aromatic rings. The van der Waals surface area contributed by atoms with Crippen molar-refractivity contribution in [1.82, 2.24) is 24.9 Å². The molecule has 0 unspecified atom stereocenters. The van der Waals surface area contributed by atoms with Crippen LogP contribution >= 0.6 is 0 Å². The third-order valence-electron chi connectivity index (χ3n) is 4.86. The SMILES string of the molecule is CC(=O)N1CCCn2nc(C(=O)NC[C@H](c3ccc(C)o3)N(C)C)cc2C1. The van der Waals surface area contributed by atoms with Crippen molar-refractivity contribution in [2.75, 3.05) is 27.2 Å². The minimum atomic E-state index is -0.222. The molecule has 2 aromatic heterocycles. The van der Waals surface area contributed by atoms with Crippen molar-refractivity contribution in [2.24, 2.45) is 0 Å². The molecule has 0 saturated carbocycles. The number of nitrogens with zero attached hydrogens (tertiary/aromatic N) is 4. The monoisotopic (exact) mass is 373 g/mol. The maximum absolute atomic E-state index is 12.6. The van der Waals surface area contributed by atoms with Crippen molar-refractivity contribution in [3.8, 4) is 0 Å². The van der Waals surface area contributed by atoms with Gasteiger partial charge in [0.1, 0.15) is 11.5 Å². The van der Waals surface area contributed by atoms with Crippen LogP contribution in [-0.4, -0.2) is 58.6 Å². The van der Waals surface area contributed by atoms with E-state index in [0.717, 1.165) is 23.6 Å². The number of rotatable bonds is 5. The van der Waals surface area contributed by atoms with Gasteiger partial charge < -0.3 is 14.6 Å². The summed E-state index contributed by atoms with van der Waals surface area (Å²) in [6, 6.07) is 5.57. The summed E-state index contributed by atoms with van der Waals surface area (Å²) in [7, 11) is 3.90. The number of amides is 2. The maximum Gasteiger partial charge on any atom is 0.271 e. The minimum Gasteiger partial charge on any atom is -0.465 e. The molecule has 1 aliphatic heterocycles. The molecular formula is C19H27N5O3. The number of nitrogens with one attached hydrogen (secondary N) is 1. The fraction of sp³-hybridized carbons (Fsp3) is 0.526. The Hall–Kier alpha value is -2.61. The summed E-state index contributed by atoms with van der Waals surface area (Å²) in [6.45, 7) is 5.79. The molecule has 1 aliphatic rings. The van der Waals surface area contributed by atoms with Crippen molar-refractivity contribution in [1.29, 1.82) is 0 Å². The highest BCUT2D eigenvalue weighted by molar-refractivity contribution is 5.92. The predicted molar refractivity (Wildman–Crippen MR) is 100 cm³/mol. The van der Waals surface area contributed by atoms with Gasteiger partial charge in [-0.2, -0.15) is 5.10 Å².